The van der Waals surface area contributed by atoms with Gasteiger partial charge in [-0.2, -0.15) is 0 Å². The predicted molar refractivity (Wildman–Crippen MR) is 70.7 cm³/mol. The van der Waals surface area contributed by atoms with Crippen LogP contribution in [0.1, 0.15) is 11.7 Å². The number of fused-ring (bicyclic) bond motifs is 1. The Morgan fingerprint density at radius 3 is 2.37 bits per heavy atom. The fourth-order valence-corrected chi connectivity index (χ4v) is 2.06. The summed E-state index contributed by atoms with van der Waals surface area (Å²) < 4.78 is 5.23. The number of hydrogen-bond acceptors (Lipinski definition) is 4. The number of aliphatic hydroxyl groups excluding tert-OH is 2. The first-order valence-corrected chi connectivity index (χ1v) is 5.77. The van der Waals surface area contributed by atoms with E-state index in [9.17, 15) is 15.0 Å². The molecule has 0 aromatic heterocycles. The maximum Gasteiger partial charge on any atom is 0.249 e. The third kappa shape index (κ3) is 2.38. The average molecular weight is 261 g/mol. The number of aliphatic hydroxyl groups is 2. The molecule has 0 aliphatic heterocycles. The molecule has 2 rings (SSSR count). The Hall–Kier alpha value is -2.11. The molecule has 0 spiro atoms. The monoisotopic (exact) mass is 261 g/mol. The van der Waals surface area contributed by atoms with Crippen molar-refractivity contribution in [1.82, 2.24) is 0 Å². The summed E-state index contributed by atoms with van der Waals surface area (Å²) in [6, 6.07) is 10.5. The molecule has 2 aromatic rings. The van der Waals surface area contributed by atoms with Crippen LogP contribution in [-0.4, -0.2) is 29.3 Å². The number of carbonyl (C=O) groups excluding carboxylic acids is 1. The number of hydrogen-bond donors (Lipinski definition) is 3. The van der Waals surface area contributed by atoms with Crippen molar-refractivity contribution in [3.8, 4) is 5.75 Å². The lowest BCUT2D eigenvalue weighted by atomic mass is 9.96. The first-order valence-electron chi connectivity index (χ1n) is 5.77. The van der Waals surface area contributed by atoms with Crippen LogP contribution in [0.3, 0.4) is 0 Å². The number of nitrogens with two attached hydrogens (primary N) is 1. The number of ether oxygens (including phenoxy) is 1. The van der Waals surface area contributed by atoms with E-state index in [-0.39, 0.29) is 0 Å². The van der Waals surface area contributed by atoms with Gasteiger partial charge < -0.3 is 20.7 Å². The van der Waals surface area contributed by atoms with Gasteiger partial charge in [0, 0.05) is 5.39 Å². The number of amides is 1. The molecular weight excluding hydrogens is 246 g/mol. The maximum absolute atomic E-state index is 11.0. The number of carbonyl (C=O) groups is 1. The van der Waals surface area contributed by atoms with Gasteiger partial charge in [0.1, 0.15) is 11.9 Å². The zero-order valence-electron chi connectivity index (χ0n) is 10.4. The van der Waals surface area contributed by atoms with E-state index in [0.29, 0.717) is 16.7 Å². The third-order valence-electron chi connectivity index (χ3n) is 3.05. The summed E-state index contributed by atoms with van der Waals surface area (Å²) in [6.45, 7) is 0. The topological polar surface area (TPSA) is 92.8 Å². The zero-order valence-corrected chi connectivity index (χ0v) is 10.4. The fraction of sp³-hybridized carbons (Fsp3) is 0.214. The second-order valence-electron chi connectivity index (χ2n) is 4.19. The normalized spacial score (nSPS) is 14.1. The number of benzene rings is 2. The highest BCUT2D eigenvalue weighted by atomic mass is 16.5. The van der Waals surface area contributed by atoms with Crippen molar-refractivity contribution in [3.63, 3.8) is 0 Å². The second-order valence-corrected chi connectivity index (χ2v) is 4.19. The van der Waals surface area contributed by atoms with Crippen LogP contribution in [0.4, 0.5) is 0 Å². The molecule has 2 atom stereocenters. The standard InChI is InChI=1S/C14H15NO4/c1-19-11-7-6-10(12(16)13(17)14(15)18)8-4-2-3-5-9(8)11/h2-7,12-13,16-17H,1H3,(H2,15,18). The molecule has 0 radical (unpaired) electrons. The van der Waals surface area contributed by atoms with E-state index in [1.54, 1.807) is 31.4 Å². The maximum atomic E-state index is 11.0. The van der Waals surface area contributed by atoms with E-state index in [1.165, 1.54) is 0 Å². The van der Waals surface area contributed by atoms with Crippen LogP contribution in [-0.2, 0) is 4.79 Å². The number of methoxy groups -OCH3 is 1. The quantitative estimate of drug-likeness (QED) is 0.756. The van der Waals surface area contributed by atoms with Gasteiger partial charge in [0.25, 0.3) is 0 Å². The Morgan fingerprint density at radius 1 is 1.16 bits per heavy atom. The summed E-state index contributed by atoms with van der Waals surface area (Å²) in [5.74, 6) is -0.312. The van der Waals surface area contributed by atoms with Crippen molar-refractivity contribution in [2.24, 2.45) is 5.73 Å². The van der Waals surface area contributed by atoms with Crippen LogP contribution in [0.25, 0.3) is 10.8 Å². The summed E-state index contributed by atoms with van der Waals surface area (Å²) in [7, 11) is 1.55. The van der Waals surface area contributed by atoms with Gasteiger partial charge in [-0.15, -0.1) is 0 Å². The van der Waals surface area contributed by atoms with Gasteiger partial charge in [0.15, 0.2) is 6.10 Å². The lowest BCUT2D eigenvalue weighted by Crippen LogP contribution is -2.33. The fourth-order valence-electron chi connectivity index (χ4n) is 2.06. The molecule has 0 heterocycles. The number of rotatable bonds is 4. The Balaban J connectivity index is 2.59. The Labute approximate surface area is 110 Å². The second kappa shape index (κ2) is 5.26. The molecule has 0 fully saturated rings. The van der Waals surface area contributed by atoms with Crippen molar-refractivity contribution < 1.29 is 19.7 Å². The largest absolute Gasteiger partial charge is 0.496 e. The van der Waals surface area contributed by atoms with Gasteiger partial charge >= 0.3 is 0 Å². The number of primary amides is 1. The molecule has 0 aliphatic carbocycles. The van der Waals surface area contributed by atoms with E-state index in [1.807, 2.05) is 12.1 Å². The first kappa shape index (κ1) is 13.3. The van der Waals surface area contributed by atoms with Gasteiger partial charge in [0.2, 0.25) is 5.91 Å². The van der Waals surface area contributed by atoms with Gasteiger partial charge in [-0.25, -0.2) is 0 Å². The zero-order chi connectivity index (χ0) is 14.0. The molecule has 0 saturated heterocycles. The SMILES string of the molecule is COc1ccc(C(O)C(O)C(N)=O)c2ccccc12. The average Bonchev–Trinajstić information content (AvgIpc) is 2.44. The molecule has 5 nitrogen and oxygen atoms in total. The molecule has 0 saturated carbocycles. The predicted octanol–water partition coefficient (Wildman–Crippen LogP) is 0.728. The summed E-state index contributed by atoms with van der Waals surface area (Å²) >= 11 is 0. The molecule has 4 N–H and O–H groups in total. The highest BCUT2D eigenvalue weighted by Crippen LogP contribution is 2.32. The Bertz CT molecular complexity index is 611. The summed E-state index contributed by atoms with van der Waals surface area (Å²) in [5.41, 5.74) is 5.43. The molecule has 0 bridgehead atoms. The molecule has 100 valence electrons. The van der Waals surface area contributed by atoms with Gasteiger partial charge in [-0.3, -0.25) is 4.79 Å². The first-order chi connectivity index (χ1) is 9.06. The van der Waals surface area contributed by atoms with Crippen molar-refractivity contribution >= 4 is 16.7 Å². The van der Waals surface area contributed by atoms with E-state index in [4.69, 9.17) is 10.5 Å². The summed E-state index contributed by atoms with van der Waals surface area (Å²) in [6.07, 6.45) is -3.01. The highest BCUT2D eigenvalue weighted by Gasteiger charge is 2.25. The van der Waals surface area contributed by atoms with E-state index in [2.05, 4.69) is 0 Å². The summed E-state index contributed by atoms with van der Waals surface area (Å²) in [5, 5.41) is 21.1. The molecular formula is C14H15NO4. The van der Waals surface area contributed by atoms with Crippen LogP contribution in [0, 0.1) is 0 Å². The van der Waals surface area contributed by atoms with Crippen LogP contribution in [0.2, 0.25) is 0 Å². The van der Waals surface area contributed by atoms with E-state index < -0.39 is 18.1 Å². The molecule has 1 amide bonds. The van der Waals surface area contributed by atoms with E-state index in [0.717, 1.165) is 5.39 Å². The minimum atomic E-state index is -1.64. The third-order valence-corrected chi connectivity index (χ3v) is 3.05. The van der Waals surface area contributed by atoms with Crippen LogP contribution < -0.4 is 10.5 Å². The Kier molecular flexibility index (Phi) is 3.69. The highest BCUT2D eigenvalue weighted by molar-refractivity contribution is 5.92. The molecule has 2 unspecified atom stereocenters. The summed E-state index contributed by atoms with van der Waals surface area (Å²) in [4.78, 5) is 11.0. The van der Waals surface area contributed by atoms with Crippen LogP contribution in [0.15, 0.2) is 36.4 Å². The van der Waals surface area contributed by atoms with Gasteiger partial charge in [-0.1, -0.05) is 30.3 Å². The van der Waals surface area contributed by atoms with Crippen molar-refractivity contribution in [1.29, 1.82) is 0 Å². The lowest BCUT2D eigenvalue weighted by Gasteiger charge is -2.18. The smallest absolute Gasteiger partial charge is 0.249 e. The van der Waals surface area contributed by atoms with Crippen molar-refractivity contribution in [3.05, 3.63) is 42.0 Å². The lowest BCUT2D eigenvalue weighted by molar-refractivity contribution is -0.131. The molecule has 2 aromatic carbocycles. The molecule has 5 heteroatoms. The molecule has 0 aliphatic rings. The van der Waals surface area contributed by atoms with E-state index >= 15 is 0 Å². The van der Waals surface area contributed by atoms with Crippen molar-refractivity contribution in [2.75, 3.05) is 7.11 Å². The van der Waals surface area contributed by atoms with Gasteiger partial charge in [-0.05, 0) is 17.0 Å². The minimum Gasteiger partial charge on any atom is -0.496 e. The van der Waals surface area contributed by atoms with Gasteiger partial charge in [0.05, 0.1) is 7.11 Å². The molecule has 19 heavy (non-hydrogen) atoms. The van der Waals surface area contributed by atoms with Crippen LogP contribution in [0.5, 0.6) is 5.75 Å². The van der Waals surface area contributed by atoms with Crippen molar-refractivity contribution in [2.45, 2.75) is 12.2 Å². The minimum absolute atomic E-state index is 0.433. The Morgan fingerprint density at radius 2 is 1.79 bits per heavy atom. The van der Waals surface area contributed by atoms with Crippen LogP contribution >= 0.6 is 0 Å².